The van der Waals surface area contributed by atoms with E-state index in [4.69, 9.17) is 9.89 Å². The van der Waals surface area contributed by atoms with Crippen molar-refractivity contribution in [2.45, 2.75) is 66.1 Å². The molecule has 4 rings (SSSR count). The van der Waals surface area contributed by atoms with Crippen LogP contribution in [0.4, 0.5) is 0 Å². The zero-order valence-corrected chi connectivity index (χ0v) is 24.7. The Hall–Kier alpha value is -4.40. The maximum absolute atomic E-state index is 13.0. The maximum atomic E-state index is 13.0. The number of aromatic nitrogens is 3. The molecule has 1 atom stereocenters. The lowest BCUT2D eigenvalue weighted by Gasteiger charge is -2.23. The molecule has 0 aliphatic carbocycles. The van der Waals surface area contributed by atoms with Crippen LogP contribution in [-0.4, -0.2) is 39.4 Å². The Balaban J connectivity index is 0.00000147. The molecule has 4 aromatic rings. The minimum atomic E-state index is -0.298. The minimum Gasteiger partial charge on any atom is -0.350 e. The van der Waals surface area contributed by atoms with Gasteiger partial charge in [0.15, 0.2) is 0 Å². The van der Waals surface area contributed by atoms with Crippen molar-refractivity contribution in [1.29, 1.82) is 0 Å². The molecule has 41 heavy (non-hydrogen) atoms. The molecule has 2 amide bonds. The topological polar surface area (TPSA) is 118 Å². The van der Waals surface area contributed by atoms with Crippen molar-refractivity contribution >= 4 is 22.8 Å². The summed E-state index contributed by atoms with van der Waals surface area (Å²) in [6, 6.07) is 19.5. The zero-order chi connectivity index (χ0) is 30.0. The van der Waals surface area contributed by atoms with Crippen LogP contribution < -0.4 is 10.6 Å². The summed E-state index contributed by atoms with van der Waals surface area (Å²) < 4.78 is 2.17. The number of imidazole rings is 1. The Labute approximate surface area is 241 Å². The number of pyridine rings is 1. The molecule has 0 aliphatic rings. The molecule has 9 nitrogen and oxygen atoms in total. The second-order valence-corrected chi connectivity index (χ2v) is 11.5. The largest absolute Gasteiger partial charge is 0.350 e. The van der Waals surface area contributed by atoms with Gasteiger partial charge in [-0.25, -0.2) is 4.98 Å². The van der Waals surface area contributed by atoms with Crippen molar-refractivity contribution in [1.82, 2.24) is 25.2 Å². The van der Waals surface area contributed by atoms with Gasteiger partial charge in [-0.15, -0.1) is 0 Å². The quantitative estimate of drug-likeness (QED) is 0.251. The SMILES string of the molecule is CC(C)NC(=O)c1ccc2c(c1)nc(CC(NC(=O)CC(C)(C)C)c1cccnc1)n2Cc1ccccc1.CN=O. The van der Waals surface area contributed by atoms with E-state index >= 15 is 0 Å². The van der Waals surface area contributed by atoms with E-state index in [1.165, 1.54) is 7.05 Å². The van der Waals surface area contributed by atoms with Crippen LogP contribution in [-0.2, 0) is 17.8 Å². The maximum Gasteiger partial charge on any atom is 0.251 e. The number of carbonyl (C=O) groups excluding carboxylic acids is 2. The molecule has 2 heterocycles. The van der Waals surface area contributed by atoms with Crippen molar-refractivity contribution in [2.24, 2.45) is 10.6 Å². The Morgan fingerprint density at radius 2 is 1.71 bits per heavy atom. The predicted molar refractivity (Wildman–Crippen MR) is 162 cm³/mol. The third-order valence-electron chi connectivity index (χ3n) is 6.19. The van der Waals surface area contributed by atoms with Crippen molar-refractivity contribution in [3.05, 3.63) is 100 Å². The zero-order valence-electron chi connectivity index (χ0n) is 24.7. The molecule has 0 bridgehead atoms. The van der Waals surface area contributed by atoms with Gasteiger partial charge in [0.05, 0.1) is 24.1 Å². The number of nitroso groups, excluding NO2 is 1. The van der Waals surface area contributed by atoms with E-state index in [0.29, 0.717) is 24.9 Å². The fraction of sp³-hybridized carbons (Fsp3) is 0.375. The normalized spacial score (nSPS) is 11.9. The molecule has 1 unspecified atom stereocenters. The Morgan fingerprint density at radius 1 is 1.00 bits per heavy atom. The van der Waals surface area contributed by atoms with Gasteiger partial charge in [0, 0.05) is 43.4 Å². The van der Waals surface area contributed by atoms with Crippen molar-refractivity contribution in [2.75, 3.05) is 7.05 Å². The molecular formula is C32H40N6O3. The smallest absolute Gasteiger partial charge is 0.251 e. The van der Waals surface area contributed by atoms with Gasteiger partial charge in [-0.3, -0.25) is 14.6 Å². The number of hydrogen-bond acceptors (Lipinski definition) is 6. The summed E-state index contributed by atoms with van der Waals surface area (Å²) in [5, 5.41) is 8.43. The fourth-order valence-corrected chi connectivity index (χ4v) is 4.51. The summed E-state index contributed by atoms with van der Waals surface area (Å²) in [4.78, 5) is 43.5. The van der Waals surface area contributed by atoms with Crippen LogP contribution in [0.3, 0.4) is 0 Å². The highest BCUT2D eigenvalue weighted by Crippen LogP contribution is 2.26. The van der Waals surface area contributed by atoms with Crippen molar-refractivity contribution in [3.63, 3.8) is 0 Å². The van der Waals surface area contributed by atoms with Crippen LogP contribution in [0, 0.1) is 10.3 Å². The average molecular weight is 557 g/mol. The van der Waals surface area contributed by atoms with E-state index in [0.717, 1.165) is 28.0 Å². The first-order chi connectivity index (χ1) is 19.5. The number of benzene rings is 2. The number of nitrogens with zero attached hydrogens (tertiary/aromatic N) is 4. The van der Waals surface area contributed by atoms with E-state index in [1.807, 2.05) is 62.4 Å². The van der Waals surface area contributed by atoms with Gasteiger partial charge in [-0.05, 0) is 54.7 Å². The molecule has 0 saturated carbocycles. The molecule has 216 valence electrons. The van der Waals surface area contributed by atoms with Gasteiger partial charge >= 0.3 is 0 Å². The van der Waals surface area contributed by atoms with Gasteiger partial charge in [0.1, 0.15) is 5.82 Å². The van der Waals surface area contributed by atoms with E-state index in [1.54, 1.807) is 12.4 Å². The molecule has 0 aliphatic heterocycles. The van der Waals surface area contributed by atoms with Gasteiger partial charge < -0.3 is 15.2 Å². The molecule has 0 radical (unpaired) electrons. The number of fused-ring (bicyclic) bond motifs is 1. The molecule has 9 heteroatoms. The van der Waals surface area contributed by atoms with E-state index in [9.17, 15) is 9.59 Å². The predicted octanol–water partition coefficient (Wildman–Crippen LogP) is 5.84. The molecule has 0 fully saturated rings. The van der Waals surface area contributed by atoms with Crippen molar-refractivity contribution in [3.8, 4) is 0 Å². The molecule has 0 spiro atoms. The molecule has 2 aromatic carbocycles. The van der Waals surface area contributed by atoms with Crippen LogP contribution >= 0.6 is 0 Å². The van der Waals surface area contributed by atoms with Crippen molar-refractivity contribution < 1.29 is 9.59 Å². The number of carbonyl (C=O) groups is 2. The first kappa shape index (κ1) is 31.1. The lowest BCUT2D eigenvalue weighted by atomic mass is 9.91. The number of rotatable bonds is 9. The average Bonchev–Trinajstić information content (AvgIpc) is 3.24. The Morgan fingerprint density at radius 3 is 2.32 bits per heavy atom. The van der Waals surface area contributed by atoms with Gasteiger partial charge in [0.2, 0.25) is 5.91 Å². The lowest BCUT2D eigenvalue weighted by Crippen LogP contribution is -2.33. The summed E-state index contributed by atoms with van der Waals surface area (Å²) in [5.41, 5.74) is 4.20. The highest BCUT2D eigenvalue weighted by atomic mass is 16.2. The standard InChI is InChI=1S/C31H37N5O2.CH3NO/c1-21(2)33-30(38)23-13-14-27-26(16-23)34-28(36(27)20-22-10-7-6-8-11-22)17-25(24-12-9-15-32-19-24)35-29(37)18-31(3,4)5;1-2-3/h6-16,19,21,25H,17-18,20H2,1-5H3,(H,33,38)(H,35,37);1H3. The lowest BCUT2D eigenvalue weighted by molar-refractivity contribution is -0.123. The van der Waals surface area contributed by atoms with E-state index < -0.39 is 0 Å². The van der Waals surface area contributed by atoms with Crippen LogP contribution in [0.15, 0.2) is 78.2 Å². The van der Waals surface area contributed by atoms with E-state index in [-0.39, 0.29) is 29.3 Å². The Kier molecular flexibility index (Phi) is 10.9. The van der Waals surface area contributed by atoms with Crippen LogP contribution in [0.2, 0.25) is 0 Å². The van der Waals surface area contributed by atoms with E-state index in [2.05, 4.69) is 58.3 Å². The van der Waals surface area contributed by atoms with Crippen LogP contribution in [0.1, 0.15) is 74.4 Å². The van der Waals surface area contributed by atoms with Gasteiger partial charge in [0.25, 0.3) is 5.91 Å². The molecule has 2 aromatic heterocycles. The highest BCUT2D eigenvalue weighted by molar-refractivity contribution is 5.97. The third kappa shape index (κ3) is 9.34. The van der Waals surface area contributed by atoms with Crippen LogP contribution in [0.25, 0.3) is 11.0 Å². The second-order valence-electron chi connectivity index (χ2n) is 11.5. The first-order valence-electron chi connectivity index (χ1n) is 13.8. The summed E-state index contributed by atoms with van der Waals surface area (Å²) >= 11 is 0. The monoisotopic (exact) mass is 556 g/mol. The Bertz CT molecular complexity index is 1440. The summed E-state index contributed by atoms with van der Waals surface area (Å²) in [6.07, 6.45) is 4.42. The molecule has 2 N–H and O–H groups in total. The summed E-state index contributed by atoms with van der Waals surface area (Å²) in [7, 11) is 1.19. The summed E-state index contributed by atoms with van der Waals surface area (Å²) in [5.74, 6) is 0.698. The highest BCUT2D eigenvalue weighted by Gasteiger charge is 2.23. The number of amides is 2. The van der Waals surface area contributed by atoms with Gasteiger partial charge in [-0.1, -0.05) is 62.3 Å². The molecular weight excluding hydrogens is 516 g/mol. The number of hydrogen-bond donors (Lipinski definition) is 2. The second kappa shape index (κ2) is 14.3. The van der Waals surface area contributed by atoms with Gasteiger partial charge in [-0.2, -0.15) is 4.91 Å². The first-order valence-corrected chi connectivity index (χ1v) is 13.8. The summed E-state index contributed by atoms with van der Waals surface area (Å²) in [6.45, 7) is 10.7. The molecule has 0 saturated heterocycles. The third-order valence-corrected chi connectivity index (χ3v) is 6.19. The van der Waals surface area contributed by atoms with Crippen LogP contribution in [0.5, 0.6) is 0 Å². The number of nitrogens with one attached hydrogen (secondary N) is 2. The fourth-order valence-electron chi connectivity index (χ4n) is 4.51. The minimum absolute atomic E-state index is 0.00952.